The molecule has 0 fully saturated rings. The second-order valence-electron chi connectivity index (χ2n) is 5.94. The molecule has 0 heterocycles. The third kappa shape index (κ3) is 5.61. The molecule has 2 rings (SSSR count). The zero-order valence-corrected chi connectivity index (χ0v) is 17.0. The molecular formula is C18H19BrCl2N2O2. The van der Waals surface area contributed by atoms with Gasteiger partial charge in [-0.15, -0.1) is 0 Å². The minimum Gasteiger partial charge on any atom is -0.508 e. The van der Waals surface area contributed by atoms with Gasteiger partial charge in [-0.3, -0.25) is 4.79 Å². The number of aromatic hydroxyl groups is 1. The van der Waals surface area contributed by atoms with Crippen molar-refractivity contribution in [3.63, 3.8) is 0 Å². The van der Waals surface area contributed by atoms with Gasteiger partial charge in [0.2, 0.25) is 0 Å². The molecule has 4 nitrogen and oxygen atoms in total. The summed E-state index contributed by atoms with van der Waals surface area (Å²) in [7, 11) is 3.89. The zero-order valence-electron chi connectivity index (χ0n) is 13.9. The summed E-state index contributed by atoms with van der Waals surface area (Å²) in [6, 6.07) is 10.1. The van der Waals surface area contributed by atoms with Crippen LogP contribution in [0.25, 0.3) is 0 Å². The first kappa shape index (κ1) is 20.0. The summed E-state index contributed by atoms with van der Waals surface area (Å²) in [5.41, 5.74) is 1.42. The summed E-state index contributed by atoms with van der Waals surface area (Å²) >= 11 is 15.5. The van der Waals surface area contributed by atoms with Crippen LogP contribution in [0.2, 0.25) is 10.0 Å². The SMILES string of the molecule is CN(C)C(CNC(=O)c1ccc(Br)c(Cl)c1)Cc1ccc(O)cc1Cl. The van der Waals surface area contributed by atoms with E-state index in [0.29, 0.717) is 28.6 Å². The first-order valence-corrected chi connectivity index (χ1v) is 9.20. The van der Waals surface area contributed by atoms with Gasteiger partial charge in [0.25, 0.3) is 5.91 Å². The van der Waals surface area contributed by atoms with Gasteiger partial charge in [-0.05, 0) is 72.3 Å². The Hall–Kier alpha value is -1.27. The monoisotopic (exact) mass is 444 g/mol. The minimum absolute atomic E-state index is 0.0527. The lowest BCUT2D eigenvalue weighted by Crippen LogP contribution is -2.41. The van der Waals surface area contributed by atoms with E-state index in [-0.39, 0.29) is 17.7 Å². The predicted octanol–water partition coefficient (Wildman–Crippen LogP) is 4.36. The average molecular weight is 446 g/mol. The number of hydrogen-bond acceptors (Lipinski definition) is 3. The van der Waals surface area contributed by atoms with Crippen molar-refractivity contribution >= 4 is 45.0 Å². The predicted molar refractivity (Wildman–Crippen MR) is 106 cm³/mol. The van der Waals surface area contributed by atoms with E-state index < -0.39 is 0 Å². The van der Waals surface area contributed by atoms with E-state index in [0.717, 1.165) is 10.0 Å². The van der Waals surface area contributed by atoms with Crippen LogP contribution in [0.5, 0.6) is 5.75 Å². The number of benzene rings is 2. The summed E-state index contributed by atoms with van der Waals surface area (Å²) in [6.07, 6.45) is 0.646. The lowest BCUT2D eigenvalue weighted by Gasteiger charge is -2.25. The van der Waals surface area contributed by atoms with Crippen LogP contribution in [0.1, 0.15) is 15.9 Å². The Kier molecular flexibility index (Phi) is 7.14. The maximum atomic E-state index is 12.3. The third-order valence-electron chi connectivity index (χ3n) is 3.90. The first-order valence-electron chi connectivity index (χ1n) is 7.65. The van der Waals surface area contributed by atoms with Gasteiger partial charge in [-0.2, -0.15) is 0 Å². The largest absolute Gasteiger partial charge is 0.508 e. The molecule has 0 saturated heterocycles. The summed E-state index contributed by atoms with van der Waals surface area (Å²) in [5.74, 6) is -0.0476. The maximum absolute atomic E-state index is 12.3. The van der Waals surface area contributed by atoms with Crippen molar-refractivity contribution in [2.24, 2.45) is 0 Å². The fourth-order valence-electron chi connectivity index (χ4n) is 2.34. The van der Waals surface area contributed by atoms with Crippen LogP contribution >= 0.6 is 39.1 Å². The van der Waals surface area contributed by atoms with Gasteiger partial charge in [0, 0.05) is 27.6 Å². The maximum Gasteiger partial charge on any atom is 0.251 e. The molecule has 0 saturated carbocycles. The molecular weight excluding hydrogens is 427 g/mol. The molecule has 2 aromatic carbocycles. The van der Waals surface area contributed by atoms with Crippen LogP contribution in [-0.4, -0.2) is 42.6 Å². The number of hydrogen-bond donors (Lipinski definition) is 2. The molecule has 0 radical (unpaired) electrons. The first-order chi connectivity index (χ1) is 11.8. The molecule has 0 aliphatic heterocycles. The van der Waals surface area contributed by atoms with Crippen molar-refractivity contribution in [1.82, 2.24) is 10.2 Å². The molecule has 0 aliphatic rings. The number of phenolic OH excluding ortho intramolecular Hbond substituents is 1. The molecule has 1 unspecified atom stereocenters. The Morgan fingerprint density at radius 2 is 1.92 bits per heavy atom. The van der Waals surface area contributed by atoms with E-state index in [9.17, 15) is 9.90 Å². The Balaban J connectivity index is 2.03. The van der Waals surface area contributed by atoms with Crippen molar-refractivity contribution in [3.05, 3.63) is 62.0 Å². The Morgan fingerprint density at radius 3 is 2.52 bits per heavy atom. The average Bonchev–Trinajstić information content (AvgIpc) is 2.55. The van der Waals surface area contributed by atoms with Crippen LogP contribution in [0, 0.1) is 0 Å². The van der Waals surface area contributed by atoms with Crippen molar-refractivity contribution in [1.29, 1.82) is 0 Å². The Bertz CT molecular complexity index is 769. The Labute approximate surface area is 165 Å². The van der Waals surface area contributed by atoms with Crippen LogP contribution in [0.3, 0.4) is 0 Å². The zero-order chi connectivity index (χ0) is 18.6. The molecule has 134 valence electrons. The standard InChI is InChI=1S/C18H19BrCl2N2O2/c1-23(2)13(7-11-3-5-14(24)9-16(11)20)10-22-18(25)12-4-6-15(19)17(21)8-12/h3-6,8-9,13,24H,7,10H2,1-2H3,(H,22,25). The number of carbonyl (C=O) groups excluding carboxylic acids is 1. The van der Waals surface area contributed by atoms with Gasteiger partial charge in [0.15, 0.2) is 0 Å². The van der Waals surface area contributed by atoms with Gasteiger partial charge in [0.1, 0.15) is 5.75 Å². The molecule has 1 atom stereocenters. The number of carbonyl (C=O) groups is 1. The fraction of sp³-hybridized carbons (Fsp3) is 0.278. The molecule has 25 heavy (non-hydrogen) atoms. The molecule has 0 aromatic heterocycles. The molecule has 1 amide bonds. The van der Waals surface area contributed by atoms with Crippen molar-refractivity contribution < 1.29 is 9.90 Å². The third-order valence-corrected chi connectivity index (χ3v) is 5.49. The van der Waals surface area contributed by atoms with Gasteiger partial charge in [-0.1, -0.05) is 29.3 Å². The van der Waals surface area contributed by atoms with Crippen LogP contribution in [0.4, 0.5) is 0 Å². The van der Waals surface area contributed by atoms with Crippen molar-refractivity contribution in [2.45, 2.75) is 12.5 Å². The highest BCUT2D eigenvalue weighted by Gasteiger charge is 2.16. The van der Waals surface area contributed by atoms with E-state index in [1.165, 1.54) is 6.07 Å². The van der Waals surface area contributed by atoms with Gasteiger partial charge >= 0.3 is 0 Å². The van der Waals surface area contributed by atoms with Crippen LogP contribution < -0.4 is 5.32 Å². The number of halogens is 3. The lowest BCUT2D eigenvalue weighted by molar-refractivity contribution is 0.0941. The van der Waals surface area contributed by atoms with Gasteiger partial charge in [-0.25, -0.2) is 0 Å². The van der Waals surface area contributed by atoms with Gasteiger partial charge < -0.3 is 15.3 Å². The fourth-order valence-corrected chi connectivity index (χ4v) is 3.02. The lowest BCUT2D eigenvalue weighted by atomic mass is 10.0. The number of nitrogens with one attached hydrogen (secondary N) is 1. The number of phenols is 1. The molecule has 7 heteroatoms. The number of amides is 1. The second-order valence-corrected chi connectivity index (χ2v) is 7.60. The highest BCUT2D eigenvalue weighted by molar-refractivity contribution is 9.10. The molecule has 2 aromatic rings. The minimum atomic E-state index is -0.182. The highest BCUT2D eigenvalue weighted by atomic mass is 79.9. The Morgan fingerprint density at radius 1 is 1.20 bits per heavy atom. The van der Waals surface area contributed by atoms with Crippen molar-refractivity contribution in [3.8, 4) is 5.75 Å². The van der Waals surface area contributed by atoms with E-state index in [1.54, 1.807) is 30.3 Å². The molecule has 2 N–H and O–H groups in total. The van der Waals surface area contributed by atoms with Gasteiger partial charge in [0.05, 0.1) is 5.02 Å². The van der Waals surface area contributed by atoms with E-state index in [4.69, 9.17) is 23.2 Å². The van der Waals surface area contributed by atoms with Crippen LogP contribution in [-0.2, 0) is 6.42 Å². The molecule has 0 aliphatic carbocycles. The van der Waals surface area contributed by atoms with Crippen molar-refractivity contribution in [2.75, 3.05) is 20.6 Å². The number of rotatable bonds is 6. The van der Waals surface area contributed by atoms with E-state index >= 15 is 0 Å². The molecule has 0 spiro atoms. The summed E-state index contributed by atoms with van der Waals surface area (Å²) in [4.78, 5) is 14.4. The highest BCUT2D eigenvalue weighted by Crippen LogP contribution is 2.24. The van der Waals surface area contributed by atoms with E-state index in [2.05, 4.69) is 21.2 Å². The summed E-state index contributed by atoms with van der Waals surface area (Å²) in [6.45, 7) is 0.455. The van der Waals surface area contributed by atoms with E-state index in [1.807, 2.05) is 19.0 Å². The quantitative estimate of drug-likeness (QED) is 0.694. The van der Waals surface area contributed by atoms with Crippen LogP contribution in [0.15, 0.2) is 40.9 Å². The number of nitrogens with zero attached hydrogens (tertiary/aromatic N) is 1. The number of likely N-dealkylation sites (N-methyl/N-ethyl adjacent to an activating group) is 1. The molecule has 0 bridgehead atoms. The summed E-state index contributed by atoms with van der Waals surface area (Å²) < 4.78 is 0.749. The normalized spacial score (nSPS) is 12.2. The topological polar surface area (TPSA) is 52.6 Å². The smallest absolute Gasteiger partial charge is 0.251 e. The second kappa shape index (κ2) is 8.90. The summed E-state index contributed by atoms with van der Waals surface area (Å²) in [5, 5.41) is 13.4.